The molecule has 0 radical (unpaired) electrons. The number of hydrogen-bond donors (Lipinski definition) is 5. The molecule has 8 heteroatoms. The molecule has 4 aliphatic rings. The average molecular weight is 400 g/mol. The number of fused-ring (bicyclic) bond motifs is 1. The van der Waals surface area contributed by atoms with E-state index >= 15 is 0 Å². The first-order chi connectivity index (χ1) is 13.2. The second-order valence-corrected chi connectivity index (χ2v) is 8.77. The van der Waals surface area contributed by atoms with Crippen molar-refractivity contribution in [3.8, 4) is 0 Å². The highest BCUT2D eigenvalue weighted by atomic mass is 35.5. The van der Waals surface area contributed by atoms with Crippen LogP contribution in [0.3, 0.4) is 0 Å². The lowest BCUT2D eigenvalue weighted by Crippen LogP contribution is -2.69. The van der Waals surface area contributed by atoms with Crippen LogP contribution in [0.2, 0.25) is 0 Å². The molecule has 0 bridgehead atoms. The third-order valence-corrected chi connectivity index (χ3v) is 6.95. The van der Waals surface area contributed by atoms with E-state index in [1.165, 1.54) is 5.57 Å². The van der Waals surface area contributed by atoms with Gasteiger partial charge in [0, 0.05) is 24.5 Å². The van der Waals surface area contributed by atoms with Crippen LogP contribution in [0.15, 0.2) is 11.6 Å². The molecule has 7 nitrogen and oxygen atoms in total. The molecular weight excluding hydrogens is 366 g/mol. The molecule has 2 saturated heterocycles. The van der Waals surface area contributed by atoms with Crippen LogP contribution in [-0.4, -0.2) is 69.1 Å². The predicted molar refractivity (Wildman–Crippen MR) is 106 cm³/mol. The molecule has 27 heavy (non-hydrogen) atoms. The molecule has 0 amide bonds. The van der Waals surface area contributed by atoms with Crippen LogP contribution < -0.4 is 26.6 Å². The summed E-state index contributed by atoms with van der Waals surface area (Å²) in [6.07, 6.45) is 6.99. The Morgan fingerprint density at radius 1 is 1.22 bits per heavy atom. The third-order valence-electron chi connectivity index (χ3n) is 6.37. The van der Waals surface area contributed by atoms with Gasteiger partial charge in [-0.25, -0.2) is 0 Å². The van der Waals surface area contributed by atoms with Crippen molar-refractivity contribution < 1.29 is 9.47 Å². The zero-order valence-corrected chi connectivity index (χ0v) is 17.1. The third kappa shape index (κ3) is 4.51. The SMILES string of the molecule is CNC1CC(C)NC(NC2CC3OCOC3C(C3=CCNCCC3)C2Cl)N1. The van der Waals surface area contributed by atoms with Gasteiger partial charge in [0.05, 0.1) is 23.8 Å². The van der Waals surface area contributed by atoms with Crippen LogP contribution in [-0.2, 0) is 9.47 Å². The summed E-state index contributed by atoms with van der Waals surface area (Å²) in [6, 6.07) is 0.591. The Morgan fingerprint density at radius 2 is 2.11 bits per heavy atom. The first kappa shape index (κ1) is 20.0. The van der Waals surface area contributed by atoms with E-state index in [-0.39, 0.29) is 35.8 Å². The van der Waals surface area contributed by atoms with E-state index in [0.29, 0.717) is 19.0 Å². The normalized spacial score (nSPS) is 45.8. The second-order valence-electron chi connectivity index (χ2n) is 8.26. The lowest BCUT2D eigenvalue weighted by Gasteiger charge is -2.45. The molecular formula is C19H34ClN5O2. The lowest BCUT2D eigenvalue weighted by atomic mass is 9.75. The monoisotopic (exact) mass is 399 g/mol. The van der Waals surface area contributed by atoms with Crippen LogP contribution in [0.1, 0.15) is 32.6 Å². The Bertz CT molecular complexity index is 536. The van der Waals surface area contributed by atoms with Gasteiger partial charge in [-0.15, -0.1) is 11.6 Å². The van der Waals surface area contributed by atoms with Gasteiger partial charge in [0.1, 0.15) is 13.1 Å². The van der Waals surface area contributed by atoms with Crippen LogP contribution >= 0.6 is 11.6 Å². The standard InChI is InChI=1S/C19H34ClN5O2/c1-11-8-15(21-2)25-19(23-11)24-13-9-14-18(27-10-26-14)16(17(13)20)12-4-3-6-22-7-5-12/h5,11,13-19,21-25H,3-4,6-10H2,1-2H3. The van der Waals surface area contributed by atoms with Crippen LogP contribution in [0, 0.1) is 5.92 Å². The summed E-state index contributed by atoms with van der Waals surface area (Å²) in [5.41, 5.74) is 1.43. The molecule has 8 atom stereocenters. The van der Waals surface area contributed by atoms with Crippen molar-refractivity contribution >= 4 is 11.6 Å². The van der Waals surface area contributed by atoms with Gasteiger partial charge in [-0.3, -0.25) is 16.0 Å². The highest BCUT2D eigenvalue weighted by Crippen LogP contribution is 2.41. The molecule has 3 aliphatic heterocycles. The number of ether oxygens (including phenoxy) is 2. The second kappa shape index (κ2) is 9.05. The number of nitrogens with one attached hydrogen (secondary N) is 5. The summed E-state index contributed by atoms with van der Waals surface area (Å²) in [5.74, 6) is 0.200. The van der Waals surface area contributed by atoms with E-state index in [4.69, 9.17) is 21.1 Å². The Hall–Kier alpha value is -0.250. The van der Waals surface area contributed by atoms with Gasteiger partial charge in [-0.2, -0.15) is 0 Å². The van der Waals surface area contributed by atoms with Crippen molar-refractivity contribution in [2.75, 3.05) is 26.9 Å². The number of alkyl halides is 1. The van der Waals surface area contributed by atoms with Gasteiger partial charge < -0.3 is 20.1 Å². The summed E-state index contributed by atoms with van der Waals surface area (Å²) >= 11 is 7.10. The molecule has 4 rings (SSSR count). The summed E-state index contributed by atoms with van der Waals surface area (Å²) in [7, 11) is 1.99. The van der Waals surface area contributed by atoms with E-state index < -0.39 is 0 Å². The molecule has 0 aromatic rings. The molecule has 3 fully saturated rings. The topological polar surface area (TPSA) is 78.6 Å². The fourth-order valence-electron chi connectivity index (χ4n) is 4.99. The maximum atomic E-state index is 7.10. The molecule has 1 saturated carbocycles. The van der Waals surface area contributed by atoms with Gasteiger partial charge in [0.25, 0.3) is 0 Å². The average Bonchev–Trinajstić information content (AvgIpc) is 2.95. The predicted octanol–water partition coefficient (Wildman–Crippen LogP) is 0.424. The first-order valence-electron chi connectivity index (χ1n) is 10.4. The highest BCUT2D eigenvalue weighted by Gasteiger charge is 2.49. The van der Waals surface area contributed by atoms with Crippen molar-refractivity contribution in [3.63, 3.8) is 0 Å². The van der Waals surface area contributed by atoms with Crippen LogP contribution in [0.4, 0.5) is 0 Å². The molecule has 5 N–H and O–H groups in total. The van der Waals surface area contributed by atoms with Crippen molar-refractivity contribution in [2.24, 2.45) is 5.92 Å². The Balaban J connectivity index is 1.48. The molecule has 3 heterocycles. The Kier molecular flexibility index (Phi) is 6.72. The van der Waals surface area contributed by atoms with E-state index in [2.05, 4.69) is 39.6 Å². The van der Waals surface area contributed by atoms with E-state index in [9.17, 15) is 0 Å². The summed E-state index contributed by atoms with van der Waals surface area (Å²) in [5, 5.41) is 17.7. The van der Waals surface area contributed by atoms with Crippen molar-refractivity contribution in [1.82, 2.24) is 26.6 Å². The summed E-state index contributed by atoms with van der Waals surface area (Å²) in [6.45, 7) is 4.58. The van der Waals surface area contributed by atoms with Crippen LogP contribution in [0.25, 0.3) is 0 Å². The molecule has 0 aromatic carbocycles. The maximum Gasteiger partial charge on any atom is 0.147 e. The lowest BCUT2D eigenvalue weighted by molar-refractivity contribution is 0.0319. The summed E-state index contributed by atoms with van der Waals surface area (Å²) in [4.78, 5) is 0. The van der Waals surface area contributed by atoms with Crippen LogP contribution in [0.5, 0.6) is 0 Å². The number of halogens is 1. The number of rotatable bonds is 4. The Labute approximate surface area is 167 Å². The van der Waals surface area contributed by atoms with E-state index in [0.717, 1.165) is 38.8 Å². The van der Waals surface area contributed by atoms with Crippen molar-refractivity contribution in [2.45, 2.75) is 74.7 Å². The fourth-order valence-corrected chi connectivity index (χ4v) is 5.48. The molecule has 1 aliphatic carbocycles. The minimum atomic E-state index is -0.0221. The molecule has 0 spiro atoms. The van der Waals surface area contributed by atoms with Gasteiger partial charge in [0.2, 0.25) is 0 Å². The first-order valence-corrected chi connectivity index (χ1v) is 10.8. The van der Waals surface area contributed by atoms with Gasteiger partial charge in [0.15, 0.2) is 0 Å². The van der Waals surface area contributed by atoms with Gasteiger partial charge in [-0.05, 0) is 46.2 Å². The smallest absolute Gasteiger partial charge is 0.147 e. The van der Waals surface area contributed by atoms with Crippen molar-refractivity contribution in [1.29, 1.82) is 0 Å². The van der Waals surface area contributed by atoms with Crippen molar-refractivity contribution in [3.05, 3.63) is 11.6 Å². The quantitative estimate of drug-likeness (QED) is 0.346. The Morgan fingerprint density at radius 3 is 2.96 bits per heavy atom. The van der Waals surface area contributed by atoms with Gasteiger partial charge in [-0.1, -0.05) is 11.6 Å². The largest absolute Gasteiger partial charge is 0.349 e. The zero-order valence-electron chi connectivity index (χ0n) is 16.3. The molecule has 0 aromatic heterocycles. The van der Waals surface area contributed by atoms with Gasteiger partial charge >= 0.3 is 0 Å². The molecule has 154 valence electrons. The number of hydrogen-bond acceptors (Lipinski definition) is 7. The minimum absolute atomic E-state index is 0.0221. The molecule has 8 unspecified atom stereocenters. The maximum absolute atomic E-state index is 7.10. The minimum Gasteiger partial charge on any atom is -0.349 e. The fraction of sp³-hybridized carbons (Fsp3) is 0.895. The van der Waals surface area contributed by atoms with E-state index in [1.54, 1.807) is 0 Å². The van der Waals surface area contributed by atoms with E-state index in [1.807, 2.05) is 7.05 Å². The highest BCUT2D eigenvalue weighted by molar-refractivity contribution is 6.21. The summed E-state index contributed by atoms with van der Waals surface area (Å²) < 4.78 is 11.9. The zero-order chi connectivity index (χ0) is 18.8.